The molecule has 0 atom stereocenters. The molecule has 7 aromatic rings. The molecule has 2 aliphatic heterocycles. The number of nitrogens with one attached hydrogen (secondary N) is 2. The van der Waals surface area contributed by atoms with Gasteiger partial charge in [0.05, 0.1) is 30.9 Å². The third-order valence-corrected chi connectivity index (χ3v) is 9.57. The van der Waals surface area contributed by atoms with Gasteiger partial charge in [-0.3, -0.25) is 0 Å². The Balaban J connectivity index is 0.00000300. The molecule has 3 aromatic heterocycles. The zero-order valence-electron chi connectivity index (χ0n) is 22.4. The Morgan fingerprint density at radius 2 is 0.689 bits per heavy atom. The minimum absolute atomic E-state index is 0. The van der Waals surface area contributed by atoms with Crippen LogP contribution >= 0.6 is 46.4 Å². The fourth-order valence-electron chi connectivity index (χ4n) is 5.75. The normalized spacial score (nSPS) is 11.8. The van der Waals surface area contributed by atoms with E-state index >= 15 is 0 Å². The van der Waals surface area contributed by atoms with Crippen LogP contribution in [0.15, 0.2) is 72.8 Å². The first-order valence-electron chi connectivity index (χ1n) is 13.4. The molecule has 0 aliphatic carbocycles. The van der Waals surface area contributed by atoms with Crippen LogP contribution in [0.2, 0.25) is 20.1 Å². The van der Waals surface area contributed by atoms with Crippen molar-refractivity contribution < 1.29 is 16.5 Å². The summed E-state index contributed by atoms with van der Waals surface area (Å²) in [6, 6.07) is 23.4. The molecule has 0 spiro atoms. The Morgan fingerprint density at radius 1 is 0.378 bits per heavy atom. The van der Waals surface area contributed by atoms with Gasteiger partial charge in [-0.1, -0.05) is 119 Å². The van der Waals surface area contributed by atoms with E-state index in [2.05, 4.69) is 9.97 Å². The molecule has 0 fully saturated rings. The van der Waals surface area contributed by atoms with Gasteiger partial charge >= 0.3 is 16.5 Å². The summed E-state index contributed by atoms with van der Waals surface area (Å²) in [4.78, 5) is 36.3. The van der Waals surface area contributed by atoms with Gasteiger partial charge in [-0.25, -0.2) is 29.9 Å². The van der Waals surface area contributed by atoms with Crippen LogP contribution in [0.3, 0.4) is 0 Å². The van der Waals surface area contributed by atoms with E-state index < -0.39 is 0 Å². The molecule has 0 saturated heterocycles. The van der Waals surface area contributed by atoms with Crippen LogP contribution in [0.1, 0.15) is 0 Å². The monoisotopic (exact) mass is 708 g/mol. The molecule has 5 heterocycles. The molecule has 8 nitrogen and oxygen atoms in total. The molecule has 9 rings (SSSR count). The van der Waals surface area contributed by atoms with Crippen molar-refractivity contribution in [3.8, 4) is 45.6 Å². The number of fused-ring (bicyclic) bond motifs is 20. The van der Waals surface area contributed by atoms with E-state index in [9.17, 15) is 0 Å². The Kier molecular flexibility index (Phi) is 6.61. The number of nitrogens with zero attached hydrogens (tertiary/aromatic N) is 6. The quantitative estimate of drug-likeness (QED) is 0.0922. The molecule has 4 aromatic carbocycles. The van der Waals surface area contributed by atoms with E-state index in [-0.39, 0.29) is 36.6 Å². The molecule has 8 bridgehead atoms. The zero-order valence-corrected chi connectivity index (χ0v) is 26.5. The van der Waals surface area contributed by atoms with Crippen molar-refractivity contribution in [3.63, 3.8) is 0 Å². The predicted octanol–water partition coefficient (Wildman–Crippen LogP) is 9.48. The summed E-state index contributed by atoms with van der Waals surface area (Å²) in [7, 11) is 0. The van der Waals surface area contributed by atoms with Gasteiger partial charge in [0.15, 0.2) is 23.3 Å². The van der Waals surface area contributed by atoms with Crippen molar-refractivity contribution in [3.05, 3.63) is 92.9 Å². The minimum Gasteiger partial charge on any atom is -0.324 e. The smallest absolute Gasteiger partial charge is 0.324 e. The molecule has 2 N–H and O–H groups in total. The summed E-state index contributed by atoms with van der Waals surface area (Å²) in [5.74, 6) is 1.85. The van der Waals surface area contributed by atoms with E-state index in [1.165, 1.54) is 0 Å². The van der Waals surface area contributed by atoms with Crippen molar-refractivity contribution in [1.82, 2.24) is 39.9 Å². The molecule has 0 amide bonds. The number of rotatable bonds is 0. The predicted molar refractivity (Wildman–Crippen MR) is 176 cm³/mol. The average Bonchev–Trinajstić information content (AvgIpc) is 3.78. The van der Waals surface area contributed by atoms with E-state index in [1.54, 1.807) is 0 Å². The standard InChI is InChI=1S/C32H14Cl4N8.Ni/c33-21-19-20(22(34)24(36)23(21)35)32-43-30-18-12-6-4-10-16(18)28(41-30)39-26-14-8-2-1-7-13(14)25(37-26)38-27-15-9-3-5-11-17(15)29(40-27)42-31(19)44-32;/h1-12H,(H2,37,38,39,40,41,42,43,44);/q;+2. The summed E-state index contributed by atoms with van der Waals surface area (Å²) in [5, 5.41) is 3.31. The van der Waals surface area contributed by atoms with E-state index in [0.29, 0.717) is 56.7 Å². The Hall–Kier alpha value is -4.11. The van der Waals surface area contributed by atoms with Crippen LogP contribution in [-0.4, -0.2) is 39.9 Å². The largest absolute Gasteiger partial charge is 2.00 e. The number of H-pyrrole nitrogens is 2. The molecule has 45 heavy (non-hydrogen) atoms. The van der Waals surface area contributed by atoms with Crippen molar-refractivity contribution >= 4 is 90.5 Å². The number of hydrogen-bond acceptors (Lipinski definition) is 6. The van der Waals surface area contributed by atoms with Crippen molar-refractivity contribution in [2.24, 2.45) is 0 Å². The fourth-order valence-corrected chi connectivity index (χ4v) is 6.78. The van der Waals surface area contributed by atoms with Gasteiger partial charge in [0.25, 0.3) is 0 Å². The molecular weight excluding hydrogens is 697 g/mol. The molecule has 0 saturated carbocycles. The summed E-state index contributed by atoms with van der Waals surface area (Å²) in [6.07, 6.45) is 0. The molecule has 218 valence electrons. The van der Waals surface area contributed by atoms with Crippen LogP contribution in [-0.2, 0) is 16.5 Å². The first-order valence-corrected chi connectivity index (χ1v) is 14.9. The Morgan fingerprint density at radius 3 is 1.07 bits per heavy atom. The Labute approximate surface area is 283 Å². The maximum absolute atomic E-state index is 6.80. The molecule has 13 heteroatoms. The van der Waals surface area contributed by atoms with E-state index in [4.69, 9.17) is 76.3 Å². The molecule has 0 radical (unpaired) electrons. The van der Waals surface area contributed by atoms with Gasteiger partial charge < -0.3 is 9.97 Å². The second-order valence-electron chi connectivity index (χ2n) is 10.3. The van der Waals surface area contributed by atoms with Gasteiger partial charge in [0.1, 0.15) is 22.6 Å². The summed E-state index contributed by atoms with van der Waals surface area (Å²) >= 11 is 26.7. The van der Waals surface area contributed by atoms with Crippen LogP contribution in [0.5, 0.6) is 0 Å². The van der Waals surface area contributed by atoms with Crippen LogP contribution in [0, 0.1) is 0 Å². The van der Waals surface area contributed by atoms with Crippen molar-refractivity contribution in [2.75, 3.05) is 0 Å². The first-order chi connectivity index (χ1) is 21.5. The second kappa shape index (κ2) is 10.5. The topological polar surface area (TPSA) is 109 Å². The summed E-state index contributed by atoms with van der Waals surface area (Å²) in [6.45, 7) is 0. The molecule has 0 unspecified atom stereocenters. The Bertz CT molecular complexity index is 2410. The molecular formula is C32H14Cl4N8Ni+2. The SMILES string of the molecule is Clc1c(Cl)c(Cl)c2c3nc4nc(nc5[nH]c(nc6nc(nc([nH]3)c2c1Cl)-c1ccccc1-6)c1ccccc51)-c1ccccc1-4.[Ni+2]. The average molecular weight is 711 g/mol. The van der Waals surface area contributed by atoms with Gasteiger partial charge in [-0.15, -0.1) is 0 Å². The number of halogens is 4. The second-order valence-corrected chi connectivity index (χ2v) is 11.8. The van der Waals surface area contributed by atoms with Crippen LogP contribution < -0.4 is 0 Å². The third-order valence-electron chi connectivity index (χ3n) is 7.76. The number of aromatic nitrogens is 8. The fraction of sp³-hybridized carbons (Fsp3) is 0. The van der Waals surface area contributed by atoms with Crippen LogP contribution in [0.25, 0.3) is 89.7 Å². The maximum Gasteiger partial charge on any atom is 2.00 e. The van der Waals surface area contributed by atoms with Gasteiger partial charge in [0.2, 0.25) is 0 Å². The minimum atomic E-state index is 0. The maximum atomic E-state index is 6.80. The van der Waals surface area contributed by atoms with Gasteiger partial charge in [-0.05, 0) is 0 Å². The molecule has 2 aliphatic rings. The van der Waals surface area contributed by atoms with Crippen molar-refractivity contribution in [2.45, 2.75) is 0 Å². The summed E-state index contributed by atoms with van der Waals surface area (Å²) in [5.41, 5.74) is 5.20. The van der Waals surface area contributed by atoms with E-state index in [0.717, 1.165) is 33.0 Å². The summed E-state index contributed by atoms with van der Waals surface area (Å²) < 4.78 is 0. The first kappa shape index (κ1) is 28.4. The number of benzene rings is 4. The van der Waals surface area contributed by atoms with Gasteiger partial charge in [-0.2, -0.15) is 0 Å². The number of hydrogen-bond donors (Lipinski definition) is 2. The number of aromatic amines is 2. The third kappa shape index (κ3) is 4.19. The van der Waals surface area contributed by atoms with Gasteiger partial charge in [0, 0.05) is 33.0 Å². The van der Waals surface area contributed by atoms with E-state index in [1.807, 2.05) is 72.8 Å². The van der Waals surface area contributed by atoms with Crippen molar-refractivity contribution in [1.29, 1.82) is 0 Å². The van der Waals surface area contributed by atoms with Crippen LogP contribution in [0.4, 0.5) is 0 Å². The zero-order chi connectivity index (χ0) is 29.7.